The van der Waals surface area contributed by atoms with Gasteiger partial charge in [0.25, 0.3) is 0 Å². The molecule has 0 aliphatic carbocycles. The normalized spacial score (nSPS) is 11.3. The number of likely N-dealkylation sites (N-methyl/N-ethyl adjacent to an activating group) is 1. The summed E-state index contributed by atoms with van der Waals surface area (Å²) >= 11 is 1.13. The highest BCUT2D eigenvalue weighted by molar-refractivity contribution is 7.05. The maximum Gasteiger partial charge on any atom is 0.326 e. The predicted octanol–water partition coefficient (Wildman–Crippen LogP) is 3.44. The maximum absolute atomic E-state index is 12.9. The van der Waals surface area contributed by atoms with Crippen molar-refractivity contribution in [2.45, 2.75) is 39.3 Å². The van der Waals surface area contributed by atoms with Crippen molar-refractivity contribution in [3.63, 3.8) is 0 Å². The second-order valence-corrected chi connectivity index (χ2v) is 9.82. The van der Waals surface area contributed by atoms with Crippen molar-refractivity contribution >= 4 is 46.7 Å². The van der Waals surface area contributed by atoms with Crippen LogP contribution in [0.1, 0.15) is 28.6 Å². The molecule has 0 aliphatic heterocycles. The molecule has 3 rings (SSSR count). The predicted molar refractivity (Wildman–Crippen MR) is 148 cm³/mol. The molecule has 1 aromatic heterocycles. The first kappa shape index (κ1) is 29.1. The Morgan fingerprint density at radius 1 is 1.08 bits per heavy atom. The minimum Gasteiger partial charge on any atom is -0.495 e. The summed E-state index contributed by atoms with van der Waals surface area (Å²) in [6, 6.07) is 12.8. The number of anilines is 2. The molecule has 12 heteroatoms. The molecule has 206 valence electrons. The number of benzene rings is 2. The lowest BCUT2D eigenvalue weighted by molar-refractivity contribution is -0.141. The summed E-state index contributed by atoms with van der Waals surface area (Å²) in [6.45, 7) is 3.40. The smallest absolute Gasteiger partial charge is 0.326 e. The molecule has 0 bridgehead atoms. The van der Waals surface area contributed by atoms with Gasteiger partial charge < -0.3 is 30.7 Å². The molecule has 0 radical (unpaired) electrons. The number of rotatable bonds is 11. The first-order valence-corrected chi connectivity index (χ1v) is 12.8. The van der Waals surface area contributed by atoms with Gasteiger partial charge >= 0.3 is 12.0 Å². The molecule has 0 aliphatic rings. The van der Waals surface area contributed by atoms with E-state index in [1.54, 1.807) is 31.3 Å². The van der Waals surface area contributed by atoms with E-state index in [2.05, 4.69) is 20.3 Å². The lowest BCUT2D eigenvalue weighted by atomic mass is 10.1. The number of carboxylic acid groups (broad SMARTS) is 1. The number of hydrogen-bond donors (Lipinski definition) is 4. The van der Waals surface area contributed by atoms with Crippen LogP contribution < -0.4 is 20.7 Å². The van der Waals surface area contributed by atoms with Gasteiger partial charge in [-0.3, -0.25) is 9.59 Å². The van der Waals surface area contributed by atoms with Crippen LogP contribution in [0.4, 0.5) is 16.2 Å². The third-order valence-corrected chi connectivity index (χ3v) is 6.62. The Morgan fingerprint density at radius 3 is 2.46 bits per heavy atom. The molecule has 1 atom stereocenters. The lowest BCUT2D eigenvalue weighted by Crippen LogP contribution is -2.41. The van der Waals surface area contributed by atoms with E-state index < -0.39 is 23.9 Å². The molecule has 2 aromatic carbocycles. The lowest BCUT2D eigenvalue weighted by Gasteiger charge is -2.17. The number of nitrogens with zero attached hydrogens (tertiary/aromatic N) is 2. The number of para-hydroxylation sites is 1. The zero-order valence-electron chi connectivity index (χ0n) is 22.1. The van der Waals surface area contributed by atoms with E-state index in [4.69, 9.17) is 4.74 Å². The van der Waals surface area contributed by atoms with E-state index in [1.807, 2.05) is 31.2 Å². The molecular formula is C27H31N5O6S. The number of carbonyl (C=O) groups is 4. The first-order chi connectivity index (χ1) is 18.5. The molecule has 11 nitrogen and oxygen atoms in total. The summed E-state index contributed by atoms with van der Waals surface area (Å²) in [6.07, 6.45) is 0.205. The van der Waals surface area contributed by atoms with Crippen LogP contribution in [-0.4, -0.2) is 58.4 Å². The van der Waals surface area contributed by atoms with Gasteiger partial charge in [-0.15, -0.1) is 0 Å². The van der Waals surface area contributed by atoms with Crippen LogP contribution in [0.5, 0.6) is 5.75 Å². The zero-order chi connectivity index (χ0) is 28.5. The van der Waals surface area contributed by atoms with Crippen molar-refractivity contribution in [1.29, 1.82) is 0 Å². The Kier molecular flexibility index (Phi) is 9.98. The first-order valence-electron chi connectivity index (χ1n) is 12.0. The number of amides is 4. The van der Waals surface area contributed by atoms with Gasteiger partial charge in [-0.05, 0) is 53.8 Å². The highest BCUT2D eigenvalue weighted by Crippen LogP contribution is 2.27. The molecule has 4 N–H and O–H groups in total. The Morgan fingerprint density at radius 2 is 1.79 bits per heavy atom. The van der Waals surface area contributed by atoms with Gasteiger partial charge in [-0.1, -0.05) is 24.3 Å². The van der Waals surface area contributed by atoms with Crippen molar-refractivity contribution in [3.8, 4) is 5.75 Å². The van der Waals surface area contributed by atoms with Gasteiger partial charge in [0.05, 0.1) is 31.5 Å². The molecule has 3 aromatic rings. The summed E-state index contributed by atoms with van der Waals surface area (Å²) in [7, 11) is 3.14. The highest BCUT2D eigenvalue weighted by atomic mass is 32.1. The van der Waals surface area contributed by atoms with Crippen molar-refractivity contribution in [3.05, 3.63) is 70.2 Å². The summed E-state index contributed by atoms with van der Waals surface area (Å²) in [5, 5.41) is 17.3. The molecular weight excluding hydrogens is 522 g/mol. The number of aliphatic carboxylic acids is 1. The number of nitrogens with one attached hydrogen (secondary N) is 3. The molecule has 39 heavy (non-hydrogen) atoms. The van der Waals surface area contributed by atoms with E-state index >= 15 is 0 Å². The number of carboxylic acids is 1. The van der Waals surface area contributed by atoms with Gasteiger partial charge in [0.15, 0.2) is 0 Å². The Hall–Kier alpha value is -4.45. The molecule has 0 saturated carbocycles. The van der Waals surface area contributed by atoms with E-state index in [0.29, 0.717) is 33.3 Å². The van der Waals surface area contributed by atoms with Gasteiger partial charge in [0.1, 0.15) is 11.8 Å². The van der Waals surface area contributed by atoms with Crippen LogP contribution in [0.3, 0.4) is 0 Å². The van der Waals surface area contributed by atoms with E-state index in [0.717, 1.165) is 17.1 Å². The van der Waals surface area contributed by atoms with E-state index in [-0.39, 0.29) is 25.3 Å². The van der Waals surface area contributed by atoms with Crippen LogP contribution in [-0.2, 0) is 33.8 Å². The van der Waals surface area contributed by atoms with Crippen LogP contribution in [0, 0.1) is 6.92 Å². The average Bonchev–Trinajstić information content (AvgIpc) is 3.32. The van der Waals surface area contributed by atoms with Crippen molar-refractivity contribution in [2.75, 3.05) is 24.8 Å². The summed E-state index contributed by atoms with van der Waals surface area (Å²) in [5.74, 6) is -1.30. The van der Waals surface area contributed by atoms with Crippen molar-refractivity contribution in [1.82, 2.24) is 14.6 Å². The summed E-state index contributed by atoms with van der Waals surface area (Å²) in [5.41, 5.74) is 3.41. The topological polar surface area (TPSA) is 150 Å². The van der Waals surface area contributed by atoms with Gasteiger partial charge in [0, 0.05) is 31.0 Å². The number of aryl methyl sites for hydroxylation is 1. The number of methoxy groups -OCH3 is 1. The minimum absolute atomic E-state index is 0.100. The van der Waals surface area contributed by atoms with E-state index in [1.165, 1.54) is 18.9 Å². The third kappa shape index (κ3) is 8.54. The van der Waals surface area contributed by atoms with Crippen LogP contribution in [0.25, 0.3) is 0 Å². The Bertz CT molecular complexity index is 1360. The number of aromatic nitrogens is 1. The molecule has 1 heterocycles. The maximum atomic E-state index is 12.9. The molecule has 1 unspecified atom stereocenters. The average molecular weight is 554 g/mol. The molecule has 0 fully saturated rings. The van der Waals surface area contributed by atoms with Gasteiger partial charge in [-0.2, -0.15) is 4.37 Å². The van der Waals surface area contributed by atoms with Crippen LogP contribution in [0.2, 0.25) is 0 Å². The molecule has 0 spiro atoms. The second kappa shape index (κ2) is 13.4. The fourth-order valence-electron chi connectivity index (χ4n) is 3.75. The van der Waals surface area contributed by atoms with Crippen LogP contribution >= 0.6 is 11.5 Å². The molecule has 0 saturated heterocycles. The van der Waals surface area contributed by atoms with Gasteiger partial charge in [0.2, 0.25) is 11.8 Å². The van der Waals surface area contributed by atoms with Crippen molar-refractivity contribution < 1.29 is 29.0 Å². The monoisotopic (exact) mass is 553 g/mol. The third-order valence-electron chi connectivity index (χ3n) is 5.78. The fourth-order valence-corrected chi connectivity index (χ4v) is 4.53. The Labute approximate surface area is 230 Å². The number of hydrogen-bond acceptors (Lipinski definition) is 7. The number of urea groups is 1. The van der Waals surface area contributed by atoms with Gasteiger partial charge in [-0.25, -0.2) is 9.59 Å². The minimum atomic E-state index is -1.13. The Balaban J connectivity index is 1.58. The quantitative estimate of drug-likeness (QED) is 0.284. The SMILES string of the molecule is COc1cc(CC(=O)N(C)Cc2cc(CC(NC(C)=O)C(=O)O)sn2)ccc1NC(=O)Nc1ccccc1C. The van der Waals surface area contributed by atoms with E-state index in [9.17, 15) is 24.3 Å². The summed E-state index contributed by atoms with van der Waals surface area (Å²) < 4.78 is 9.74. The summed E-state index contributed by atoms with van der Waals surface area (Å²) in [4.78, 5) is 50.2. The highest BCUT2D eigenvalue weighted by Gasteiger charge is 2.21. The van der Waals surface area contributed by atoms with Crippen LogP contribution in [0.15, 0.2) is 48.5 Å². The molecule has 4 amide bonds. The number of ether oxygens (including phenoxy) is 1. The zero-order valence-corrected chi connectivity index (χ0v) is 22.9. The number of carbonyl (C=O) groups excluding carboxylic acids is 3. The standard InChI is InChI=1S/C27H31N5O6S/c1-16-7-5-6-8-21(16)29-27(37)30-22-10-9-18(11-24(22)38-4)12-25(34)32(3)15-19-13-20(39-31-19)14-23(26(35)36)28-17(2)33/h5-11,13,23H,12,14-15H2,1-4H3,(H,28,33)(H,35,36)(H2,29,30,37). The second-order valence-electron chi connectivity index (χ2n) is 8.94. The fraction of sp³-hybridized carbons (Fsp3) is 0.296. The van der Waals surface area contributed by atoms with Crippen molar-refractivity contribution in [2.24, 2.45) is 0 Å². The largest absolute Gasteiger partial charge is 0.495 e.